The summed E-state index contributed by atoms with van der Waals surface area (Å²) in [6, 6.07) is 2.01. The van der Waals surface area contributed by atoms with E-state index in [0.717, 1.165) is 11.8 Å². The van der Waals surface area contributed by atoms with Crippen LogP contribution in [0.3, 0.4) is 0 Å². The molecule has 1 aromatic heterocycles. The van der Waals surface area contributed by atoms with Crippen molar-refractivity contribution in [3.63, 3.8) is 0 Å². The number of aromatic nitrogens is 1. The molecule has 2 fully saturated rings. The second kappa shape index (κ2) is 12.4. The number of esters is 1. The molecule has 198 valence electrons. The van der Waals surface area contributed by atoms with E-state index in [1.54, 1.807) is 19.9 Å². The summed E-state index contributed by atoms with van der Waals surface area (Å²) >= 11 is 6.49. The number of rotatable bonds is 9. The van der Waals surface area contributed by atoms with E-state index in [4.69, 9.17) is 22.1 Å². The number of carbonyl (C=O) groups is 3. The second-order valence-corrected chi connectivity index (χ2v) is 10.4. The van der Waals surface area contributed by atoms with Crippen LogP contribution < -0.4 is 10.5 Å². The summed E-state index contributed by atoms with van der Waals surface area (Å²) in [6.45, 7) is 7.12. The highest BCUT2D eigenvalue weighted by molar-refractivity contribution is 8.26. The van der Waals surface area contributed by atoms with Crippen molar-refractivity contribution in [2.24, 2.45) is 5.92 Å². The van der Waals surface area contributed by atoms with Crippen LogP contribution in [-0.4, -0.2) is 63.0 Å². The van der Waals surface area contributed by atoms with Crippen molar-refractivity contribution < 1.29 is 24.2 Å². The Morgan fingerprint density at radius 2 is 1.95 bits per heavy atom. The largest absolute Gasteiger partial charge is 0.481 e. The first-order valence-electron chi connectivity index (χ1n) is 12.2. The van der Waals surface area contributed by atoms with Gasteiger partial charge in [0, 0.05) is 38.2 Å². The van der Waals surface area contributed by atoms with Gasteiger partial charge in [0.15, 0.2) is 0 Å². The number of hydrogen-bond donors (Lipinski definition) is 1. The van der Waals surface area contributed by atoms with Gasteiger partial charge in [0.1, 0.15) is 21.8 Å². The van der Waals surface area contributed by atoms with E-state index in [0.29, 0.717) is 65.3 Å². The van der Waals surface area contributed by atoms with Gasteiger partial charge in [-0.15, -0.1) is 0 Å². The molecule has 3 rings (SSSR count). The number of ether oxygens (including phenoxy) is 1. The number of carbonyl (C=O) groups excluding carboxylic acids is 2. The van der Waals surface area contributed by atoms with Gasteiger partial charge in [0.2, 0.25) is 0 Å². The molecule has 12 heteroatoms. The van der Waals surface area contributed by atoms with E-state index < -0.39 is 11.5 Å². The van der Waals surface area contributed by atoms with Gasteiger partial charge in [0.05, 0.1) is 17.4 Å². The lowest BCUT2D eigenvalue weighted by Crippen LogP contribution is -2.41. The molecule has 2 aliphatic heterocycles. The Bertz CT molecular complexity index is 1240. The van der Waals surface area contributed by atoms with Gasteiger partial charge in [0.25, 0.3) is 11.5 Å². The monoisotopic (exact) mass is 546 g/mol. The maximum atomic E-state index is 13.2. The number of carboxylic acid groups (broad SMARTS) is 1. The third-order valence-corrected chi connectivity index (χ3v) is 7.88. The number of pyridine rings is 1. The fraction of sp³-hybridized carbons (Fsp3) is 0.520. The molecular weight excluding hydrogens is 516 g/mol. The third kappa shape index (κ3) is 6.05. The van der Waals surface area contributed by atoms with Gasteiger partial charge in [-0.1, -0.05) is 24.0 Å². The molecule has 0 bridgehead atoms. The van der Waals surface area contributed by atoms with Crippen LogP contribution in [0.15, 0.2) is 9.70 Å². The standard InChI is InChI=1S/C25H30N4O6S2/c1-4-28-21(27-11-8-16(9-12-27)24(34)35-5-2)17(15(3)18(14-26)22(28)32)13-19-23(33)29(25(36)37-19)10-6-7-20(30)31/h13,16H,4-12H2,1-3H3,(H,30,31). The number of thioether (sulfide) groups is 1. The van der Waals surface area contributed by atoms with Crippen LogP contribution in [0.1, 0.15) is 56.2 Å². The topological polar surface area (TPSA) is 133 Å². The number of hydrogen-bond acceptors (Lipinski definition) is 9. The maximum Gasteiger partial charge on any atom is 0.309 e. The van der Waals surface area contributed by atoms with Crippen LogP contribution in [0.2, 0.25) is 0 Å². The highest BCUT2D eigenvalue weighted by Crippen LogP contribution is 2.37. The number of amides is 1. The van der Waals surface area contributed by atoms with E-state index in [1.165, 1.54) is 9.47 Å². The fourth-order valence-corrected chi connectivity index (χ4v) is 5.87. The number of piperidine rings is 1. The average Bonchev–Trinajstić information content (AvgIpc) is 3.13. The summed E-state index contributed by atoms with van der Waals surface area (Å²) < 4.78 is 7.04. The smallest absolute Gasteiger partial charge is 0.309 e. The first kappa shape index (κ1) is 28.4. The summed E-state index contributed by atoms with van der Waals surface area (Å²) in [6.07, 6.45) is 2.98. The van der Waals surface area contributed by atoms with E-state index in [2.05, 4.69) is 0 Å². The second-order valence-electron chi connectivity index (χ2n) is 8.74. The van der Waals surface area contributed by atoms with Gasteiger partial charge >= 0.3 is 11.9 Å². The molecule has 37 heavy (non-hydrogen) atoms. The molecular formula is C25H30N4O6S2. The number of nitrogens with zero attached hydrogens (tertiary/aromatic N) is 4. The molecule has 0 radical (unpaired) electrons. The Kier molecular flexibility index (Phi) is 9.50. The van der Waals surface area contributed by atoms with Crippen LogP contribution in [0, 0.1) is 24.2 Å². The van der Waals surface area contributed by atoms with Crippen LogP contribution in [0.5, 0.6) is 0 Å². The van der Waals surface area contributed by atoms with Crippen molar-refractivity contribution in [1.29, 1.82) is 5.26 Å². The van der Waals surface area contributed by atoms with Crippen molar-refractivity contribution in [2.45, 2.75) is 53.0 Å². The molecule has 1 aromatic rings. The number of thiocarbonyl (C=S) groups is 1. The minimum atomic E-state index is -0.946. The summed E-state index contributed by atoms with van der Waals surface area (Å²) in [7, 11) is 0. The highest BCUT2D eigenvalue weighted by atomic mass is 32.2. The Hall–Kier alpha value is -3.17. The lowest BCUT2D eigenvalue weighted by atomic mass is 9.95. The molecule has 0 spiro atoms. The molecule has 0 saturated carbocycles. The normalized spacial score (nSPS) is 17.4. The van der Waals surface area contributed by atoms with Crippen molar-refractivity contribution in [2.75, 3.05) is 31.1 Å². The van der Waals surface area contributed by atoms with E-state index in [1.807, 2.05) is 17.9 Å². The summed E-state index contributed by atoms with van der Waals surface area (Å²) in [5, 5.41) is 18.6. The van der Waals surface area contributed by atoms with Gasteiger partial charge in [-0.3, -0.25) is 28.6 Å². The zero-order chi connectivity index (χ0) is 27.3. The third-order valence-electron chi connectivity index (χ3n) is 6.50. The fourth-order valence-electron chi connectivity index (χ4n) is 4.58. The van der Waals surface area contributed by atoms with Crippen molar-refractivity contribution >= 4 is 58.0 Å². The molecule has 10 nitrogen and oxygen atoms in total. The van der Waals surface area contributed by atoms with Crippen LogP contribution in [-0.2, 0) is 25.7 Å². The molecule has 0 aliphatic carbocycles. The summed E-state index contributed by atoms with van der Waals surface area (Å²) in [5.74, 6) is -1.12. The quantitative estimate of drug-likeness (QED) is 0.280. The predicted octanol–water partition coefficient (Wildman–Crippen LogP) is 2.89. The molecule has 2 saturated heterocycles. The summed E-state index contributed by atoms with van der Waals surface area (Å²) in [4.78, 5) is 53.2. The van der Waals surface area contributed by atoms with Gasteiger partial charge in [-0.25, -0.2) is 0 Å². The highest BCUT2D eigenvalue weighted by Gasteiger charge is 2.34. The van der Waals surface area contributed by atoms with Gasteiger partial charge < -0.3 is 14.7 Å². The van der Waals surface area contributed by atoms with Crippen molar-refractivity contribution in [1.82, 2.24) is 9.47 Å². The molecule has 0 aromatic carbocycles. The van der Waals surface area contributed by atoms with E-state index in [-0.39, 0.29) is 42.7 Å². The molecule has 0 atom stereocenters. The summed E-state index contributed by atoms with van der Waals surface area (Å²) in [5.41, 5.74) is 0.660. The predicted molar refractivity (Wildman–Crippen MR) is 144 cm³/mol. The molecule has 1 amide bonds. The SMILES string of the molecule is CCOC(=O)C1CCN(c2c(C=C3SC(=S)N(CCCC(=O)O)C3=O)c(C)c(C#N)c(=O)n2CC)CC1. The number of carboxylic acids is 1. The molecule has 2 aliphatic rings. The molecule has 0 unspecified atom stereocenters. The number of aliphatic carboxylic acids is 1. The zero-order valence-corrected chi connectivity index (χ0v) is 22.7. The zero-order valence-electron chi connectivity index (χ0n) is 21.1. The van der Waals surface area contributed by atoms with Crippen LogP contribution >= 0.6 is 24.0 Å². The lowest BCUT2D eigenvalue weighted by Gasteiger charge is -2.35. The van der Waals surface area contributed by atoms with Crippen molar-refractivity contribution in [3.05, 3.63) is 31.9 Å². The average molecular weight is 547 g/mol. The Labute approximate surface area is 224 Å². The van der Waals surface area contributed by atoms with Gasteiger partial charge in [-0.2, -0.15) is 5.26 Å². The van der Waals surface area contributed by atoms with Gasteiger partial charge in [-0.05, 0) is 51.7 Å². The minimum Gasteiger partial charge on any atom is -0.481 e. The lowest BCUT2D eigenvalue weighted by molar-refractivity contribution is -0.148. The van der Waals surface area contributed by atoms with Crippen LogP contribution in [0.4, 0.5) is 5.82 Å². The number of anilines is 1. The molecule has 3 heterocycles. The Morgan fingerprint density at radius 1 is 1.27 bits per heavy atom. The first-order chi connectivity index (χ1) is 17.6. The van der Waals surface area contributed by atoms with E-state index >= 15 is 0 Å². The maximum absolute atomic E-state index is 13.2. The van der Waals surface area contributed by atoms with Crippen LogP contribution in [0.25, 0.3) is 6.08 Å². The van der Waals surface area contributed by atoms with E-state index in [9.17, 15) is 24.4 Å². The first-order valence-corrected chi connectivity index (χ1v) is 13.4. The Morgan fingerprint density at radius 3 is 2.51 bits per heavy atom. The Balaban J connectivity index is 2.02. The van der Waals surface area contributed by atoms with Crippen molar-refractivity contribution in [3.8, 4) is 6.07 Å². The number of nitriles is 1. The minimum absolute atomic E-state index is 0.00944. The molecule has 1 N–H and O–H groups in total.